The van der Waals surface area contributed by atoms with Crippen LogP contribution < -0.4 is 30.4 Å². The Bertz CT molecular complexity index is 2730. The monoisotopic (exact) mass is 863 g/mol. The number of imide groups is 1. The minimum Gasteiger partial charge on any atom is -0.378 e. The second kappa shape index (κ2) is 17.9. The number of hydrogen-bond donors (Lipinski definition) is 4. The highest BCUT2D eigenvalue weighted by Crippen LogP contribution is 2.39. The van der Waals surface area contributed by atoms with E-state index in [2.05, 4.69) is 36.6 Å². The average molecular weight is 864 g/mol. The van der Waals surface area contributed by atoms with Crippen LogP contribution in [0.15, 0.2) is 109 Å². The van der Waals surface area contributed by atoms with E-state index in [4.69, 9.17) is 4.74 Å². The molecule has 5 heterocycles. The number of benzene rings is 4. The molecule has 0 unspecified atom stereocenters. The van der Waals surface area contributed by atoms with Gasteiger partial charge in [-0.2, -0.15) is 4.68 Å². The number of carbonyl (C=O) groups is 5. The first-order chi connectivity index (χ1) is 31.2. The van der Waals surface area contributed by atoms with Crippen LogP contribution >= 0.6 is 0 Å². The van der Waals surface area contributed by atoms with E-state index >= 15 is 0 Å². The molecule has 64 heavy (non-hydrogen) atoms. The zero-order chi connectivity index (χ0) is 44.2. The van der Waals surface area contributed by atoms with Crippen molar-refractivity contribution in [2.45, 2.75) is 44.3 Å². The lowest BCUT2D eigenvalue weighted by molar-refractivity contribution is -0.720. The quantitative estimate of drug-likeness (QED) is 0.0781. The number of urea groups is 2. The summed E-state index contributed by atoms with van der Waals surface area (Å²) < 4.78 is 9.30. The van der Waals surface area contributed by atoms with Crippen molar-refractivity contribution in [2.75, 3.05) is 48.0 Å². The number of hydrogen-bond acceptors (Lipinski definition) is 9. The second-order valence-corrected chi connectivity index (χ2v) is 15.9. The number of amides is 7. The third-order valence-electron chi connectivity index (χ3n) is 11.9. The highest BCUT2D eigenvalue weighted by atomic mass is 16.5. The molecular weight excluding hydrogens is 817 g/mol. The first kappa shape index (κ1) is 41.6. The first-order valence-corrected chi connectivity index (χ1v) is 21.2. The van der Waals surface area contributed by atoms with Crippen molar-refractivity contribution in [2.24, 2.45) is 7.05 Å². The van der Waals surface area contributed by atoms with Crippen molar-refractivity contribution < 1.29 is 33.4 Å². The number of anilines is 3. The van der Waals surface area contributed by atoms with Gasteiger partial charge >= 0.3 is 12.1 Å². The molecule has 2 saturated heterocycles. The highest BCUT2D eigenvalue weighted by Gasteiger charge is 2.53. The summed E-state index contributed by atoms with van der Waals surface area (Å²) in [5.74, 6) is -0.705. The number of fused-ring (bicyclic) bond motifs is 5. The predicted octanol–water partition coefficient (Wildman–Crippen LogP) is 4.41. The van der Waals surface area contributed by atoms with Gasteiger partial charge in [-0.15, -0.1) is 5.10 Å². The fourth-order valence-corrected chi connectivity index (χ4v) is 8.49. The van der Waals surface area contributed by atoms with Gasteiger partial charge < -0.3 is 30.5 Å². The Hall–Kier alpha value is -7.73. The molecule has 326 valence electrons. The second-order valence-electron chi connectivity index (χ2n) is 15.9. The van der Waals surface area contributed by atoms with Crippen LogP contribution in [0.3, 0.4) is 0 Å². The van der Waals surface area contributed by atoms with Gasteiger partial charge in [0, 0.05) is 54.4 Å². The zero-order valence-corrected chi connectivity index (χ0v) is 35.2. The normalized spacial score (nSPS) is 15.2. The van der Waals surface area contributed by atoms with Crippen molar-refractivity contribution in [3.63, 3.8) is 0 Å². The SMILES string of the molecule is C[n+]1[nH]nc2c1-c1ccccc1CN(C(=O)CCC(=O)NCCOCCn1cc(-c3cccc(NC(=O)N4CCC5(CC4)NC(=O)N(c4ccccc4)C5=O)c3)nn1)c1ccccc1-2. The molecule has 18 nitrogen and oxygen atoms in total. The lowest BCUT2D eigenvalue weighted by Gasteiger charge is -2.37. The Morgan fingerprint density at radius 1 is 0.875 bits per heavy atom. The fourth-order valence-electron chi connectivity index (χ4n) is 8.49. The van der Waals surface area contributed by atoms with Gasteiger partial charge in [0.1, 0.15) is 18.3 Å². The number of ether oxygens (including phenoxy) is 1. The Labute approximate surface area is 368 Å². The standard InChI is InChI=1S/C46H46N12O6/c1-54-42-35-15-6-5-10-32(35)29-57(38-17-8-7-16-36(38)41(42)51-52-54)40(60)19-18-39(59)47-22-26-64-27-25-56-30-37(50-53-56)31-11-9-12-33(28-31)48-44(62)55-23-20-46(21-24-55)43(61)58(45(63)49-46)34-13-3-2-4-14-34/h2-17,28,30H,18-27,29H2,1H3,(H3,47,48,49,59,62,63)/p+1. The number of aromatic nitrogens is 6. The minimum atomic E-state index is -1.04. The number of para-hydroxylation sites is 2. The van der Waals surface area contributed by atoms with Crippen LogP contribution in [0.5, 0.6) is 0 Å². The Morgan fingerprint density at radius 2 is 1.64 bits per heavy atom. The molecule has 0 aliphatic carbocycles. The molecule has 7 amide bonds. The molecule has 0 saturated carbocycles. The minimum absolute atomic E-state index is 0.0326. The predicted molar refractivity (Wildman–Crippen MR) is 235 cm³/mol. The fraction of sp³-hybridized carbons (Fsp3) is 0.283. The van der Waals surface area contributed by atoms with Crippen LogP contribution in [0, 0.1) is 0 Å². The van der Waals surface area contributed by atoms with Crippen molar-refractivity contribution in [3.8, 4) is 33.8 Å². The summed E-state index contributed by atoms with van der Waals surface area (Å²) in [5, 5.41) is 24.8. The number of H-pyrrole nitrogens is 1. The lowest BCUT2D eigenvalue weighted by atomic mass is 9.87. The molecule has 0 radical (unpaired) electrons. The van der Waals surface area contributed by atoms with Crippen LogP contribution in [-0.4, -0.2) is 98.4 Å². The van der Waals surface area contributed by atoms with Crippen molar-refractivity contribution in [3.05, 3.63) is 115 Å². The number of nitrogens with zero attached hydrogens (tertiary/aromatic N) is 8. The average Bonchev–Trinajstić information content (AvgIpc) is 4.01. The highest BCUT2D eigenvalue weighted by molar-refractivity contribution is 6.23. The molecule has 3 aliphatic heterocycles. The van der Waals surface area contributed by atoms with E-state index in [0.717, 1.165) is 39.3 Å². The Balaban J connectivity index is 0.704. The summed E-state index contributed by atoms with van der Waals surface area (Å²) in [6.45, 7) is 2.26. The number of aromatic amines is 1. The zero-order valence-electron chi connectivity index (χ0n) is 35.2. The van der Waals surface area contributed by atoms with Crippen LogP contribution in [0.4, 0.5) is 26.7 Å². The van der Waals surface area contributed by atoms with Gasteiger partial charge in [-0.1, -0.05) is 77.2 Å². The van der Waals surface area contributed by atoms with Gasteiger partial charge in [0.15, 0.2) is 0 Å². The maximum atomic E-state index is 13.7. The maximum Gasteiger partial charge on any atom is 0.329 e. The molecular formula is C46H47N12O6+. The first-order valence-electron chi connectivity index (χ1n) is 21.2. The summed E-state index contributed by atoms with van der Waals surface area (Å²) in [4.78, 5) is 70.6. The molecule has 4 aromatic carbocycles. The van der Waals surface area contributed by atoms with Crippen LogP contribution in [0.2, 0.25) is 0 Å². The number of nitrogens with one attached hydrogen (secondary N) is 4. The van der Waals surface area contributed by atoms with E-state index in [1.807, 2.05) is 84.5 Å². The van der Waals surface area contributed by atoms with Crippen LogP contribution in [-0.2, 0) is 39.3 Å². The third-order valence-corrected chi connectivity index (χ3v) is 11.9. The summed E-state index contributed by atoms with van der Waals surface area (Å²) in [6, 6.07) is 31.0. The Morgan fingerprint density at radius 3 is 2.47 bits per heavy atom. The smallest absolute Gasteiger partial charge is 0.329 e. The van der Waals surface area contributed by atoms with E-state index < -0.39 is 11.6 Å². The maximum absolute atomic E-state index is 13.7. The van der Waals surface area contributed by atoms with E-state index in [-0.39, 0.29) is 49.7 Å². The molecule has 1 spiro atoms. The van der Waals surface area contributed by atoms with Crippen LogP contribution in [0.25, 0.3) is 33.8 Å². The van der Waals surface area contributed by atoms with Crippen molar-refractivity contribution >= 4 is 46.8 Å². The summed E-state index contributed by atoms with van der Waals surface area (Å²) in [6.07, 6.45) is 2.46. The molecule has 4 N–H and O–H groups in total. The molecule has 2 fully saturated rings. The molecule has 9 rings (SSSR count). The van der Waals surface area contributed by atoms with Crippen molar-refractivity contribution in [1.29, 1.82) is 0 Å². The number of rotatable bonds is 12. The van der Waals surface area contributed by atoms with Gasteiger partial charge in [-0.3, -0.25) is 14.4 Å². The van der Waals surface area contributed by atoms with Crippen LogP contribution in [0.1, 0.15) is 31.2 Å². The topological polar surface area (TPSA) is 204 Å². The van der Waals surface area contributed by atoms with Crippen molar-refractivity contribution in [1.82, 2.24) is 40.8 Å². The van der Waals surface area contributed by atoms with E-state index in [9.17, 15) is 24.0 Å². The van der Waals surface area contributed by atoms with Gasteiger partial charge in [0.05, 0.1) is 49.4 Å². The van der Waals surface area contributed by atoms with Gasteiger partial charge in [-0.25, -0.2) is 19.2 Å². The van der Waals surface area contributed by atoms with E-state index in [1.165, 1.54) is 4.90 Å². The third kappa shape index (κ3) is 8.42. The number of likely N-dealkylation sites (tertiary alicyclic amines) is 1. The molecule has 6 aromatic rings. The summed E-state index contributed by atoms with van der Waals surface area (Å²) in [7, 11) is 1.92. The largest absolute Gasteiger partial charge is 0.378 e. The number of carbonyl (C=O) groups excluding carboxylic acids is 5. The molecule has 18 heteroatoms. The van der Waals surface area contributed by atoms with E-state index in [1.54, 1.807) is 51.0 Å². The van der Waals surface area contributed by atoms with Gasteiger partial charge in [-0.05, 0) is 54.8 Å². The number of piperidine rings is 1. The van der Waals surface area contributed by atoms with Gasteiger partial charge in [0.25, 0.3) is 11.6 Å². The molecule has 0 bridgehead atoms. The molecule has 2 aromatic heterocycles. The van der Waals surface area contributed by atoms with E-state index in [0.29, 0.717) is 62.7 Å². The molecule has 3 aliphatic rings. The summed E-state index contributed by atoms with van der Waals surface area (Å²) in [5.41, 5.74) is 6.65. The summed E-state index contributed by atoms with van der Waals surface area (Å²) >= 11 is 0. The lowest BCUT2D eigenvalue weighted by Crippen LogP contribution is -2.56. The number of aryl methyl sites for hydroxylation is 1. The Kier molecular flexibility index (Phi) is 11.7. The van der Waals surface area contributed by atoms with Gasteiger partial charge in [0.2, 0.25) is 17.5 Å². The molecule has 0 atom stereocenters.